The molecule has 1 atom stereocenters. The van der Waals surface area contributed by atoms with Crippen molar-refractivity contribution in [2.45, 2.75) is 11.7 Å². The molecule has 1 aromatic carbocycles. The Hall–Kier alpha value is -1.08. The van der Waals surface area contributed by atoms with Gasteiger partial charge in [0.15, 0.2) is 0 Å². The molecule has 1 aromatic rings. The van der Waals surface area contributed by atoms with E-state index < -0.39 is 23.2 Å². The summed E-state index contributed by atoms with van der Waals surface area (Å²) in [6, 6.07) is 4.81. The minimum absolute atomic E-state index is 0.324. The van der Waals surface area contributed by atoms with Crippen molar-refractivity contribution in [3.8, 4) is 0 Å². The number of halogens is 4. The lowest BCUT2D eigenvalue weighted by Gasteiger charge is -2.27. The first kappa shape index (κ1) is 13.0. The smallest absolute Gasteiger partial charge is 0.421 e. The molecule has 3 N–H and O–H groups in total. The monoisotopic (exact) mass is 297 g/mol. The fraction of sp³-hybridized carbons (Fsp3) is 0.222. The van der Waals surface area contributed by atoms with Crippen LogP contribution >= 0.6 is 15.9 Å². The van der Waals surface area contributed by atoms with E-state index >= 15 is 0 Å². The molecule has 0 bridgehead atoms. The Morgan fingerprint density at radius 2 is 1.94 bits per heavy atom. The van der Waals surface area contributed by atoms with Crippen LogP contribution in [0.25, 0.3) is 0 Å². The van der Waals surface area contributed by atoms with Crippen molar-refractivity contribution in [2.24, 2.45) is 5.73 Å². The Balaban J connectivity index is 3.39. The summed E-state index contributed by atoms with van der Waals surface area (Å²) in [5.41, 5.74) is 1.04. The zero-order valence-electron chi connectivity index (χ0n) is 7.75. The predicted molar refractivity (Wildman–Crippen MR) is 53.7 cm³/mol. The molecule has 3 nitrogen and oxygen atoms in total. The average Bonchev–Trinajstić information content (AvgIpc) is 2.14. The van der Waals surface area contributed by atoms with Crippen molar-refractivity contribution < 1.29 is 23.1 Å². The van der Waals surface area contributed by atoms with Crippen molar-refractivity contribution in [1.82, 2.24) is 0 Å². The van der Waals surface area contributed by atoms with Gasteiger partial charge in [-0.25, -0.2) is 4.79 Å². The predicted octanol–water partition coefficient (Wildman–Crippen LogP) is 2.25. The summed E-state index contributed by atoms with van der Waals surface area (Å²) in [4.78, 5) is 10.7. The summed E-state index contributed by atoms with van der Waals surface area (Å²) < 4.78 is 38.3. The van der Waals surface area contributed by atoms with E-state index in [4.69, 9.17) is 10.8 Å². The lowest BCUT2D eigenvalue weighted by molar-refractivity contribution is -0.204. The van der Waals surface area contributed by atoms with Crippen LogP contribution in [0.2, 0.25) is 0 Å². The van der Waals surface area contributed by atoms with E-state index in [0.29, 0.717) is 4.47 Å². The number of alkyl halides is 3. The molecular formula is C9H7BrF3NO2. The minimum Gasteiger partial charge on any atom is -0.479 e. The molecule has 88 valence electrons. The van der Waals surface area contributed by atoms with Gasteiger partial charge in [0.05, 0.1) is 0 Å². The van der Waals surface area contributed by atoms with Crippen LogP contribution in [0.15, 0.2) is 28.7 Å². The van der Waals surface area contributed by atoms with E-state index in [1.165, 1.54) is 12.1 Å². The summed E-state index contributed by atoms with van der Waals surface area (Å²) in [7, 11) is 0. The maximum atomic E-state index is 12.7. The van der Waals surface area contributed by atoms with E-state index in [9.17, 15) is 18.0 Å². The average molecular weight is 298 g/mol. The molecule has 0 saturated carbocycles. The number of carboxylic acid groups (broad SMARTS) is 1. The molecule has 0 aliphatic carbocycles. The first-order valence-corrected chi connectivity index (χ1v) is 4.84. The number of rotatable bonds is 2. The molecule has 0 heterocycles. The molecule has 7 heteroatoms. The maximum Gasteiger partial charge on any atom is 0.421 e. The number of hydrogen-bond acceptors (Lipinski definition) is 2. The second kappa shape index (κ2) is 4.06. The first-order chi connectivity index (χ1) is 7.19. The molecule has 0 saturated heterocycles. The van der Waals surface area contributed by atoms with Gasteiger partial charge in [-0.3, -0.25) is 0 Å². The van der Waals surface area contributed by atoms with Gasteiger partial charge in [0.25, 0.3) is 0 Å². The van der Waals surface area contributed by atoms with Crippen LogP contribution in [0.4, 0.5) is 13.2 Å². The number of nitrogens with two attached hydrogens (primary N) is 1. The van der Waals surface area contributed by atoms with Gasteiger partial charge in [0, 0.05) is 4.47 Å². The SMILES string of the molecule is NC(C(=O)O)(c1cccc(Br)c1)C(F)(F)F. The lowest BCUT2D eigenvalue weighted by Crippen LogP contribution is -2.56. The van der Waals surface area contributed by atoms with Crippen molar-refractivity contribution in [2.75, 3.05) is 0 Å². The van der Waals surface area contributed by atoms with E-state index in [1.54, 1.807) is 0 Å². The van der Waals surface area contributed by atoms with Gasteiger partial charge in [-0.05, 0) is 17.7 Å². The lowest BCUT2D eigenvalue weighted by atomic mass is 9.90. The van der Waals surface area contributed by atoms with Gasteiger partial charge >= 0.3 is 12.1 Å². The quantitative estimate of drug-likeness (QED) is 0.880. The highest BCUT2D eigenvalue weighted by Crippen LogP contribution is 2.37. The second-order valence-electron chi connectivity index (χ2n) is 3.12. The zero-order valence-corrected chi connectivity index (χ0v) is 9.34. The minimum atomic E-state index is -5.07. The van der Waals surface area contributed by atoms with Crippen LogP contribution in [-0.2, 0) is 10.3 Å². The number of hydrogen-bond donors (Lipinski definition) is 2. The molecular weight excluding hydrogens is 291 g/mol. The van der Waals surface area contributed by atoms with Crippen LogP contribution in [0.5, 0.6) is 0 Å². The Kier molecular flexibility index (Phi) is 3.30. The molecule has 16 heavy (non-hydrogen) atoms. The largest absolute Gasteiger partial charge is 0.479 e. The van der Waals surface area contributed by atoms with Gasteiger partial charge in [-0.1, -0.05) is 28.1 Å². The molecule has 0 aromatic heterocycles. The number of carbonyl (C=O) groups is 1. The fourth-order valence-electron chi connectivity index (χ4n) is 1.14. The molecule has 0 spiro atoms. The van der Waals surface area contributed by atoms with E-state index in [-0.39, 0.29) is 0 Å². The summed E-state index contributed by atoms with van der Waals surface area (Å²) in [5.74, 6) is -2.14. The Labute approximate surface area is 97.2 Å². The third kappa shape index (κ3) is 2.05. The van der Waals surface area contributed by atoms with E-state index in [0.717, 1.165) is 12.1 Å². The van der Waals surface area contributed by atoms with Crippen LogP contribution in [-0.4, -0.2) is 17.3 Å². The topological polar surface area (TPSA) is 63.3 Å². The Morgan fingerprint density at radius 3 is 2.31 bits per heavy atom. The summed E-state index contributed by atoms with van der Waals surface area (Å²) in [5, 5.41) is 8.65. The summed E-state index contributed by atoms with van der Waals surface area (Å²) in [6.07, 6.45) is -5.07. The van der Waals surface area contributed by atoms with Crippen molar-refractivity contribution >= 4 is 21.9 Å². The van der Waals surface area contributed by atoms with E-state index in [2.05, 4.69) is 15.9 Å². The normalized spacial score (nSPS) is 15.6. The Bertz CT molecular complexity index is 421. The highest BCUT2D eigenvalue weighted by atomic mass is 79.9. The van der Waals surface area contributed by atoms with Gasteiger partial charge in [0.1, 0.15) is 0 Å². The molecule has 0 radical (unpaired) electrons. The van der Waals surface area contributed by atoms with Crippen molar-refractivity contribution in [3.63, 3.8) is 0 Å². The van der Waals surface area contributed by atoms with Crippen molar-refractivity contribution in [1.29, 1.82) is 0 Å². The van der Waals surface area contributed by atoms with Crippen LogP contribution in [0.3, 0.4) is 0 Å². The summed E-state index contributed by atoms with van der Waals surface area (Å²) in [6.45, 7) is 0. The van der Waals surface area contributed by atoms with Gasteiger partial charge in [-0.2, -0.15) is 13.2 Å². The fourth-order valence-corrected chi connectivity index (χ4v) is 1.54. The number of carboxylic acids is 1. The molecule has 0 aliphatic heterocycles. The Morgan fingerprint density at radius 1 is 1.38 bits per heavy atom. The van der Waals surface area contributed by atoms with E-state index in [1.807, 2.05) is 0 Å². The molecule has 0 fully saturated rings. The number of benzene rings is 1. The van der Waals surface area contributed by atoms with Gasteiger partial charge in [-0.15, -0.1) is 0 Å². The third-order valence-corrected chi connectivity index (χ3v) is 2.56. The number of aliphatic carboxylic acids is 1. The third-order valence-electron chi connectivity index (χ3n) is 2.06. The zero-order chi connectivity index (χ0) is 12.6. The van der Waals surface area contributed by atoms with Gasteiger partial charge in [0.2, 0.25) is 5.54 Å². The van der Waals surface area contributed by atoms with Gasteiger partial charge < -0.3 is 10.8 Å². The highest BCUT2D eigenvalue weighted by Gasteiger charge is 2.59. The van der Waals surface area contributed by atoms with Crippen LogP contribution in [0.1, 0.15) is 5.56 Å². The standard InChI is InChI=1S/C9H7BrF3NO2/c10-6-3-1-2-5(4-6)8(14,7(15)16)9(11,12)13/h1-4H,14H2,(H,15,16). The van der Waals surface area contributed by atoms with Crippen LogP contribution < -0.4 is 5.73 Å². The maximum absolute atomic E-state index is 12.7. The highest BCUT2D eigenvalue weighted by molar-refractivity contribution is 9.10. The first-order valence-electron chi connectivity index (χ1n) is 4.04. The molecule has 0 amide bonds. The molecule has 1 unspecified atom stereocenters. The van der Waals surface area contributed by atoms with Crippen molar-refractivity contribution in [3.05, 3.63) is 34.3 Å². The molecule has 1 rings (SSSR count). The summed E-state index contributed by atoms with van der Waals surface area (Å²) >= 11 is 2.95. The van der Waals surface area contributed by atoms with Crippen LogP contribution in [0, 0.1) is 0 Å². The molecule has 0 aliphatic rings. The second-order valence-corrected chi connectivity index (χ2v) is 4.04.